The maximum Gasteiger partial charge on any atom is 0.472 e. The Morgan fingerprint density at radius 2 is 1.82 bits per heavy atom. The van der Waals surface area contributed by atoms with Crippen LogP contribution < -0.4 is 20.1 Å². The van der Waals surface area contributed by atoms with Crippen LogP contribution >= 0.6 is 0 Å². The van der Waals surface area contributed by atoms with Crippen LogP contribution in [0.5, 0.6) is 11.5 Å². The molecule has 0 unspecified atom stereocenters. The number of benzene rings is 2. The van der Waals surface area contributed by atoms with Crippen LogP contribution in [0.3, 0.4) is 0 Å². The number of nitrogens with two attached hydrogens (primary N) is 1. The van der Waals surface area contributed by atoms with E-state index < -0.39 is 35.1 Å². The van der Waals surface area contributed by atoms with E-state index in [1.807, 2.05) is 0 Å². The molecule has 0 bridgehead atoms. The standard InChI is InChI=1S/C21H19F5N4O3/c1-29-17(5-7-28-29)14-9-12(3-4-18(14)33-8-6-27)30(20(31)21(24,25)26)19-15(22)10-13(32-2)11-16(19)23/h3-5,7,9-11H,6,8,27H2,1-2H3. The summed E-state index contributed by atoms with van der Waals surface area (Å²) >= 11 is 0. The number of methoxy groups -OCH3 is 1. The number of ether oxygens (including phenoxy) is 2. The van der Waals surface area contributed by atoms with Gasteiger partial charge < -0.3 is 15.2 Å². The first-order valence-electron chi connectivity index (χ1n) is 9.48. The molecule has 33 heavy (non-hydrogen) atoms. The number of rotatable bonds is 7. The van der Waals surface area contributed by atoms with Crippen LogP contribution in [0.2, 0.25) is 0 Å². The van der Waals surface area contributed by atoms with Crippen LogP contribution in [0.15, 0.2) is 42.6 Å². The van der Waals surface area contributed by atoms with E-state index in [4.69, 9.17) is 15.2 Å². The fourth-order valence-electron chi connectivity index (χ4n) is 3.14. The molecular formula is C21H19F5N4O3. The third-order valence-electron chi connectivity index (χ3n) is 4.59. The summed E-state index contributed by atoms with van der Waals surface area (Å²) in [5.74, 6) is -5.38. The highest BCUT2D eigenvalue weighted by molar-refractivity contribution is 6.04. The maximum atomic E-state index is 14.7. The molecule has 0 spiro atoms. The predicted octanol–water partition coefficient (Wildman–Crippen LogP) is 3.94. The monoisotopic (exact) mass is 470 g/mol. The summed E-state index contributed by atoms with van der Waals surface area (Å²) < 4.78 is 81.5. The van der Waals surface area contributed by atoms with E-state index in [2.05, 4.69) is 5.10 Å². The van der Waals surface area contributed by atoms with Gasteiger partial charge in [-0.15, -0.1) is 0 Å². The molecule has 7 nitrogen and oxygen atoms in total. The smallest absolute Gasteiger partial charge is 0.472 e. The summed E-state index contributed by atoms with van der Waals surface area (Å²) in [4.78, 5) is 12.2. The second-order valence-electron chi connectivity index (χ2n) is 6.74. The Morgan fingerprint density at radius 1 is 1.15 bits per heavy atom. The lowest BCUT2D eigenvalue weighted by atomic mass is 10.1. The van der Waals surface area contributed by atoms with Crippen molar-refractivity contribution in [1.29, 1.82) is 0 Å². The highest BCUT2D eigenvalue weighted by Gasteiger charge is 2.45. The van der Waals surface area contributed by atoms with Crippen LogP contribution in [0.1, 0.15) is 0 Å². The van der Waals surface area contributed by atoms with E-state index >= 15 is 0 Å². The largest absolute Gasteiger partial charge is 0.497 e. The van der Waals surface area contributed by atoms with Gasteiger partial charge in [0.1, 0.15) is 23.8 Å². The van der Waals surface area contributed by atoms with Gasteiger partial charge in [0, 0.05) is 37.5 Å². The summed E-state index contributed by atoms with van der Waals surface area (Å²) in [7, 11) is 2.71. The van der Waals surface area contributed by atoms with Gasteiger partial charge >= 0.3 is 12.1 Å². The molecule has 0 saturated heterocycles. The second-order valence-corrected chi connectivity index (χ2v) is 6.74. The third kappa shape index (κ3) is 4.90. The van der Waals surface area contributed by atoms with Crippen molar-refractivity contribution in [1.82, 2.24) is 9.78 Å². The molecule has 1 amide bonds. The van der Waals surface area contributed by atoms with Gasteiger partial charge in [-0.05, 0) is 24.3 Å². The van der Waals surface area contributed by atoms with Crippen molar-refractivity contribution in [3.8, 4) is 22.8 Å². The molecule has 0 atom stereocenters. The Kier molecular flexibility index (Phi) is 6.86. The molecule has 1 heterocycles. The number of alkyl halides is 3. The molecule has 3 aromatic rings. The van der Waals surface area contributed by atoms with E-state index in [9.17, 15) is 26.7 Å². The first kappa shape index (κ1) is 24.0. The van der Waals surface area contributed by atoms with Gasteiger partial charge in [-0.25, -0.2) is 8.78 Å². The molecule has 0 aliphatic carbocycles. The number of aromatic nitrogens is 2. The van der Waals surface area contributed by atoms with Gasteiger partial charge in [0.2, 0.25) is 0 Å². The van der Waals surface area contributed by atoms with Gasteiger partial charge in [-0.2, -0.15) is 18.3 Å². The average molecular weight is 470 g/mol. The van der Waals surface area contributed by atoms with Gasteiger partial charge in [0.05, 0.1) is 18.5 Å². The van der Waals surface area contributed by atoms with E-state index in [0.717, 1.165) is 19.2 Å². The Labute approximate surface area is 185 Å². The highest BCUT2D eigenvalue weighted by Crippen LogP contribution is 2.40. The van der Waals surface area contributed by atoms with Crippen molar-refractivity contribution in [2.24, 2.45) is 12.8 Å². The first-order valence-corrected chi connectivity index (χ1v) is 9.48. The van der Waals surface area contributed by atoms with Gasteiger partial charge in [0.15, 0.2) is 11.6 Å². The number of aryl methyl sites for hydroxylation is 1. The molecule has 1 aromatic heterocycles. The molecule has 0 fully saturated rings. The quantitative estimate of drug-likeness (QED) is 0.529. The number of anilines is 2. The number of carbonyl (C=O) groups excluding carboxylic acids is 1. The molecule has 0 radical (unpaired) electrons. The Bertz CT molecular complexity index is 1140. The topological polar surface area (TPSA) is 82.6 Å². The summed E-state index contributed by atoms with van der Waals surface area (Å²) in [6.07, 6.45) is -3.99. The van der Waals surface area contributed by atoms with E-state index in [-0.39, 0.29) is 35.1 Å². The zero-order chi connectivity index (χ0) is 24.3. The minimum absolute atomic E-state index is 0.0727. The molecule has 176 valence electrons. The minimum Gasteiger partial charge on any atom is -0.497 e. The molecule has 2 N–H and O–H groups in total. The number of halogens is 5. The summed E-state index contributed by atoms with van der Waals surface area (Å²) in [6, 6.07) is 6.42. The molecule has 3 rings (SSSR count). The number of nitrogens with zero attached hydrogens (tertiary/aromatic N) is 3. The number of hydrogen-bond acceptors (Lipinski definition) is 5. The fraction of sp³-hybridized carbons (Fsp3) is 0.238. The van der Waals surface area contributed by atoms with Crippen molar-refractivity contribution in [2.75, 3.05) is 25.2 Å². The van der Waals surface area contributed by atoms with E-state index in [0.29, 0.717) is 17.8 Å². The SMILES string of the molecule is COc1cc(F)c(N(C(=O)C(F)(F)F)c2ccc(OCCN)c(-c3ccnn3C)c2)c(F)c1. The van der Waals surface area contributed by atoms with Gasteiger partial charge in [-0.1, -0.05) is 0 Å². The first-order chi connectivity index (χ1) is 15.6. The summed E-state index contributed by atoms with van der Waals surface area (Å²) in [5.41, 5.74) is 4.46. The zero-order valence-corrected chi connectivity index (χ0v) is 17.5. The van der Waals surface area contributed by atoms with Crippen LogP contribution in [-0.4, -0.2) is 42.1 Å². The fourth-order valence-corrected chi connectivity index (χ4v) is 3.14. The van der Waals surface area contributed by atoms with E-state index in [1.165, 1.54) is 16.9 Å². The zero-order valence-electron chi connectivity index (χ0n) is 17.5. The molecule has 0 aliphatic heterocycles. The van der Waals surface area contributed by atoms with Crippen molar-refractivity contribution in [3.63, 3.8) is 0 Å². The number of amides is 1. The van der Waals surface area contributed by atoms with Crippen LogP contribution in [-0.2, 0) is 11.8 Å². The average Bonchev–Trinajstić information content (AvgIpc) is 3.19. The van der Waals surface area contributed by atoms with Gasteiger partial charge in [0.25, 0.3) is 0 Å². The van der Waals surface area contributed by atoms with Crippen LogP contribution in [0, 0.1) is 11.6 Å². The van der Waals surface area contributed by atoms with Crippen molar-refractivity contribution in [3.05, 3.63) is 54.2 Å². The Morgan fingerprint density at radius 3 is 2.33 bits per heavy atom. The minimum atomic E-state index is -5.43. The number of hydrogen-bond donors (Lipinski definition) is 1. The Balaban J connectivity index is 2.26. The molecular weight excluding hydrogens is 451 g/mol. The second kappa shape index (κ2) is 9.45. The third-order valence-corrected chi connectivity index (χ3v) is 4.59. The maximum absolute atomic E-state index is 14.7. The highest BCUT2D eigenvalue weighted by atomic mass is 19.4. The molecule has 12 heteroatoms. The van der Waals surface area contributed by atoms with Crippen molar-refractivity contribution in [2.45, 2.75) is 6.18 Å². The lowest BCUT2D eigenvalue weighted by molar-refractivity contribution is -0.169. The number of carbonyl (C=O) groups is 1. The Hall–Kier alpha value is -3.67. The van der Waals surface area contributed by atoms with Crippen LogP contribution in [0.4, 0.5) is 33.3 Å². The van der Waals surface area contributed by atoms with E-state index in [1.54, 1.807) is 13.1 Å². The van der Waals surface area contributed by atoms with Crippen LogP contribution in [0.25, 0.3) is 11.3 Å². The molecule has 0 saturated carbocycles. The lowest BCUT2D eigenvalue weighted by Crippen LogP contribution is -2.39. The lowest BCUT2D eigenvalue weighted by Gasteiger charge is -2.26. The summed E-state index contributed by atoms with van der Waals surface area (Å²) in [6.45, 7) is 0.255. The normalized spacial score (nSPS) is 11.4. The predicted molar refractivity (Wildman–Crippen MR) is 109 cm³/mol. The molecule has 0 aliphatic rings. The van der Waals surface area contributed by atoms with Gasteiger partial charge in [-0.3, -0.25) is 14.4 Å². The molecule has 2 aromatic carbocycles. The van der Waals surface area contributed by atoms with Crippen molar-refractivity contribution >= 4 is 17.3 Å². The van der Waals surface area contributed by atoms with Crippen molar-refractivity contribution < 1.29 is 36.2 Å². The summed E-state index contributed by atoms with van der Waals surface area (Å²) in [5, 5.41) is 4.01.